The Morgan fingerprint density at radius 1 is 1.04 bits per heavy atom. The molecule has 4 rings (SSSR count). The molecule has 0 fully saturated rings. The van der Waals surface area contributed by atoms with Crippen LogP contribution in [0.5, 0.6) is 5.75 Å². The Morgan fingerprint density at radius 3 is 2.50 bits per heavy atom. The number of rotatable bonds is 5. The summed E-state index contributed by atoms with van der Waals surface area (Å²) in [5.74, 6) is -0.261. The first kappa shape index (κ1) is 17.7. The molecule has 2 heterocycles. The smallest absolute Gasteiger partial charge is 0.304 e. The molecule has 0 spiro atoms. The van der Waals surface area contributed by atoms with E-state index in [4.69, 9.17) is 9.47 Å². The van der Waals surface area contributed by atoms with Gasteiger partial charge >= 0.3 is 5.97 Å². The highest BCUT2D eigenvalue weighted by molar-refractivity contribution is 6.14. The number of Topliss-reactive ketones (excluding diaryl/α,β-unsaturated/α-hetero) is 1. The fourth-order valence-corrected chi connectivity index (χ4v) is 3.08. The topological polar surface area (TPSA) is 81.6 Å². The first-order chi connectivity index (χ1) is 13.6. The maximum Gasteiger partial charge on any atom is 0.304 e. The van der Waals surface area contributed by atoms with Gasteiger partial charge in [-0.25, -0.2) is 9.97 Å². The number of fused-ring (bicyclic) bond motifs is 1. The Hall–Kier alpha value is -3.74. The van der Waals surface area contributed by atoms with Crippen molar-refractivity contribution in [2.24, 2.45) is 0 Å². The Labute approximate surface area is 161 Å². The Kier molecular flexibility index (Phi) is 4.72. The largest absolute Gasteiger partial charge is 0.488 e. The van der Waals surface area contributed by atoms with Gasteiger partial charge in [0.15, 0.2) is 0 Å². The average molecular weight is 375 g/mol. The normalized spacial score (nSPS) is 15.2. The van der Waals surface area contributed by atoms with Crippen molar-refractivity contribution in [2.75, 3.05) is 4.90 Å². The molecule has 1 aliphatic rings. The molecule has 1 unspecified atom stereocenters. The van der Waals surface area contributed by atoms with E-state index in [9.17, 15) is 9.59 Å². The number of aromatic nitrogens is 2. The fraction of sp³-hybridized carbons (Fsp3) is 0.143. The second-order valence-corrected chi connectivity index (χ2v) is 6.17. The number of benzene rings is 2. The van der Waals surface area contributed by atoms with Crippen LogP contribution in [0, 0.1) is 0 Å². The van der Waals surface area contributed by atoms with E-state index >= 15 is 0 Å². The molecule has 0 radical (unpaired) electrons. The molecule has 1 aliphatic heterocycles. The number of hydrogen-bond donors (Lipinski definition) is 0. The minimum atomic E-state index is -1.17. The van der Waals surface area contributed by atoms with E-state index in [-0.39, 0.29) is 11.7 Å². The van der Waals surface area contributed by atoms with Crippen LogP contribution in [0.4, 0.5) is 11.6 Å². The number of carbonyl (C=O) groups excluding carboxylic acids is 2. The number of anilines is 2. The molecular formula is C21H17N3O4. The van der Waals surface area contributed by atoms with Gasteiger partial charge in [-0.1, -0.05) is 36.4 Å². The number of carbonyl (C=O) groups is 2. The molecule has 0 saturated carbocycles. The molecule has 0 saturated heterocycles. The van der Waals surface area contributed by atoms with Gasteiger partial charge in [0.1, 0.15) is 12.4 Å². The fourth-order valence-electron chi connectivity index (χ4n) is 3.08. The van der Waals surface area contributed by atoms with E-state index in [0.717, 1.165) is 5.56 Å². The van der Waals surface area contributed by atoms with Gasteiger partial charge in [-0.15, -0.1) is 0 Å². The molecule has 7 nitrogen and oxygen atoms in total. The van der Waals surface area contributed by atoms with Crippen LogP contribution < -0.4 is 9.64 Å². The second kappa shape index (κ2) is 7.48. The zero-order chi connectivity index (χ0) is 19.5. The van der Waals surface area contributed by atoms with E-state index in [1.165, 1.54) is 11.8 Å². The number of hydrogen-bond acceptors (Lipinski definition) is 7. The van der Waals surface area contributed by atoms with E-state index in [2.05, 4.69) is 9.97 Å². The lowest BCUT2D eigenvalue weighted by molar-refractivity contribution is -0.143. The van der Waals surface area contributed by atoms with Crippen molar-refractivity contribution in [1.82, 2.24) is 9.97 Å². The summed E-state index contributed by atoms with van der Waals surface area (Å²) in [6.07, 6.45) is 1.95. The van der Waals surface area contributed by atoms with Gasteiger partial charge in [0.2, 0.25) is 18.0 Å². The third-order valence-electron chi connectivity index (χ3n) is 4.25. The lowest BCUT2D eigenvalue weighted by Gasteiger charge is -2.23. The molecule has 7 heteroatoms. The molecule has 1 atom stereocenters. The minimum absolute atomic E-state index is 0.265. The van der Waals surface area contributed by atoms with Crippen LogP contribution in [-0.4, -0.2) is 27.9 Å². The van der Waals surface area contributed by atoms with E-state index in [0.29, 0.717) is 23.6 Å². The van der Waals surface area contributed by atoms with Gasteiger partial charge in [0.05, 0.1) is 11.3 Å². The predicted octanol–water partition coefficient (Wildman–Crippen LogP) is 3.28. The molecule has 3 aromatic rings. The third-order valence-corrected chi connectivity index (χ3v) is 4.25. The lowest BCUT2D eigenvalue weighted by atomic mass is 10.1. The molecule has 2 aromatic carbocycles. The van der Waals surface area contributed by atoms with Crippen molar-refractivity contribution in [2.45, 2.75) is 19.8 Å². The van der Waals surface area contributed by atoms with Crippen LogP contribution in [0.15, 0.2) is 67.0 Å². The highest BCUT2D eigenvalue weighted by Crippen LogP contribution is 2.41. The summed E-state index contributed by atoms with van der Waals surface area (Å²) in [5, 5.41) is 0. The van der Waals surface area contributed by atoms with Crippen molar-refractivity contribution >= 4 is 23.4 Å². The van der Waals surface area contributed by atoms with Crippen LogP contribution in [0.1, 0.15) is 22.8 Å². The SMILES string of the molecule is CC(=O)OC1C(=O)c2c(OCc3ccccc3)cccc2N1c1ncccn1. The predicted molar refractivity (Wildman–Crippen MR) is 101 cm³/mol. The van der Waals surface area contributed by atoms with E-state index < -0.39 is 12.2 Å². The average Bonchev–Trinajstić information content (AvgIpc) is 2.99. The van der Waals surface area contributed by atoms with Crippen molar-refractivity contribution < 1.29 is 19.1 Å². The van der Waals surface area contributed by atoms with Crippen molar-refractivity contribution in [1.29, 1.82) is 0 Å². The monoisotopic (exact) mass is 375 g/mol. The van der Waals surface area contributed by atoms with Crippen molar-refractivity contribution in [3.63, 3.8) is 0 Å². The van der Waals surface area contributed by atoms with Crippen LogP contribution in [0.2, 0.25) is 0 Å². The quantitative estimate of drug-likeness (QED) is 0.633. The number of ether oxygens (including phenoxy) is 2. The standard InChI is InChI=1S/C21H17N3O4/c1-14(25)28-20-19(26)18-16(24(20)21-22-11-6-12-23-21)9-5-10-17(18)27-13-15-7-3-2-4-8-15/h2-12,20H,13H2,1H3. The summed E-state index contributed by atoms with van der Waals surface area (Å²) in [6, 6.07) is 16.6. The number of nitrogens with zero attached hydrogens (tertiary/aromatic N) is 3. The maximum absolute atomic E-state index is 13.1. The molecule has 0 aliphatic carbocycles. The lowest BCUT2D eigenvalue weighted by Crippen LogP contribution is -2.36. The molecule has 0 N–H and O–H groups in total. The summed E-state index contributed by atoms with van der Waals surface area (Å²) in [4.78, 5) is 34.6. The van der Waals surface area contributed by atoms with Crippen LogP contribution in [0.3, 0.4) is 0 Å². The van der Waals surface area contributed by atoms with Crippen LogP contribution in [-0.2, 0) is 16.1 Å². The summed E-state index contributed by atoms with van der Waals surface area (Å²) >= 11 is 0. The van der Waals surface area contributed by atoms with Crippen LogP contribution in [0.25, 0.3) is 0 Å². The summed E-state index contributed by atoms with van der Waals surface area (Å²) in [5.41, 5.74) is 1.86. The van der Waals surface area contributed by atoms with Crippen molar-refractivity contribution in [3.8, 4) is 5.75 Å². The molecule has 0 bridgehead atoms. The maximum atomic E-state index is 13.1. The molecule has 1 aromatic heterocycles. The summed E-state index contributed by atoms with van der Waals surface area (Å²) in [7, 11) is 0. The van der Waals surface area contributed by atoms with Crippen molar-refractivity contribution in [3.05, 3.63) is 78.1 Å². The van der Waals surface area contributed by atoms with Gasteiger partial charge in [-0.05, 0) is 23.8 Å². The van der Waals surface area contributed by atoms with Gasteiger partial charge in [-0.3, -0.25) is 14.5 Å². The number of ketones is 1. The summed E-state index contributed by atoms with van der Waals surface area (Å²) in [6.45, 7) is 1.57. The van der Waals surface area contributed by atoms with Crippen LogP contribution >= 0.6 is 0 Å². The number of esters is 1. The molecule has 140 valence electrons. The second-order valence-electron chi connectivity index (χ2n) is 6.17. The first-order valence-corrected chi connectivity index (χ1v) is 8.72. The Morgan fingerprint density at radius 2 is 1.79 bits per heavy atom. The van der Waals surface area contributed by atoms with Gasteiger partial charge in [0, 0.05) is 19.3 Å². The minimum Gasteiger partial charge on any atom is -0.488 e. The van der Waals surface area contributed by atoms with E-state index in [1.807, 2.05) is 30.3 Å². The highest BCUT2D eigenvalue weighted by Gasteiger charge is 2.43. The van der Waals surface area contributed by atoms with Gasteiger partial charge in [0.25, 0.3) is 0 Å². The summed E-state index contributed by atoms with van der Waals surface area (Å²) < 4.78 is 11.2. The first-order valence-electron chi connectivity index (χ1n) is 8.72. The molecule has 28 heavy (non-hydrogen) atoms. The third kappa shape index (κ3) is 3.29. The molecular weight excluding hydrogens is 358 g/mol. The zero-order valence-electron chi connectivity index (χ0n) is 15.1. The zero-order valence-corrected chi connectivity index (χ0v) is 15.1. The highest BCUT2D eigenvalue weighted by atomic mass is 16.6. The molecule has 0 amide bonds. The Balaban J connectivity index is 1.73. The van der Waals surface area contributed by atoms with Gasteiger partial charge < -0.3 is 9.47 Å². The Bertz CT molecular complexity index is 1010. The van der Waals surface area contributed by atoms with E-state index in [1.54, 1.807) is 36.7 Å². The van der Waals surface area contributed by atoms with Gasteiger partial charge in [-0.2, -0.15) is 0 Å².